The number of nitrogens with one attached hydrogen (secondary N) is 1. The van der Waals surface area contributed by atoms with E-state index in [2.05, 4.69) is 56.2 Å². The van der Waals surface area contributed by atoms with Crippen LogP contribution < -0.4 is 16.2 Å². The van der Waals surface area contributed by atoms with Crippen molar-refractivity contribution in [2.45, 2.75) is 58.5 Å². The molecule has 0 saturated heterocycles. The van der Waals surface area contributed by atoms with Crippen LogP contribution in [0.5, 0.6) is 0 Å². The zero-order chi connectivity index (χ0) is 16.3. The van der Waals surface area contributed by atoms with E-state index in [0.29, 0.717) is 0 Å². The molecule has 22 heavy (non-hydrogen) atoms. The van der Waals surface area contributed by atoms with Gasteiger partial charge in [-0.25, -0.2) is 5.84 Å². The van der Waals surface area contributed by atoms with Crippen molar-refractivity contribution in [3.05, 3.63) is 35.9 Å². The first-order chi connectivity index (χ1) is 10.4. The summed E-state index contributed by atoms with van der Waals surface area (Å²) in [5.41, 5.74) is 5.66. The van der Waals surface area contributed by atoms with Gasteiger partial charge in [-0.3, -0.25) is 10.2 Å². The van der Waals surface area contributed by atoms with Gasteiger partial charge in [0.15, 0.2) is 0 Å². The molecule has 0 saturated carbocycles. The van der Waals surface area contributed by atoms with Gasteiger partial charge in [0, 0.05) is 11.3 Å². The normalized spacial score (nSPS) is 17.5. The van der Waals surface area contributed by atoms with Crippen molar-refractivity contribution in [2.75, 3.05) is 4.90 Å². The van der Waals surface area contributed by atoms with Crippen molar-refractivity contribution in [2.24, 2.45) is 5.84 Å². The van der Waals surface area contributed by atoms with Crippen LogP contribution in [-0.2, 0) is 4.79 Å². The van der Waals surface area contributed by atoms with E-state index in [1.54, 1.807) is 0 Å². The Morgan fingerprint density at radius 2 is 2.05 bits per heavy atom. The first-order valence-corrected chi connectivity index (χ1v) is 8.01. The van der Waals surface area contributed by atoms with Crippen LogP contribution in [0.3, 0.4) is 0 Å². The third kappa shape index (κ3) is 3.02. The van der Waals surface area contributed by atoms with Crippen LogP contribution in [0.25, 0.3) is 5.57 Å². The van der Waals surface area contributed by atoms with Crippen LogP contribution in [0.15, 0.2) is 30.3 Å². The zero-order valence-corrected chi connectivity index (χ0v) is 14.0. The number of anilines is 1. The second-order valence-corrected chi connectivity index (χ2v) is 6.53. The summed E-state index contributed by atoms with van der Waals surface area (Å²) < 4.78 is 0. The molecule has 120 valence electrons. The molecule has 1 heterocycles. The van der Waals surface area contributed by atoms with Crippen molar-refractivity contribution < 1.29 is 4.79 Å². The highest BCUT2D eigenvalue weighted by molar-refractivity contribution is 5.89. The fourth-order valence-electron chi connectivity index (χ4n) is 3.45. The van der Waals surface area contributed by atoms with Gasteiger partial charge in [-0.1, -0.05) is 44.0 Å². The number of hydrazine groups is 1. The molecular weight excluding hydrogens is 274 g/mol. The number of rotatable bonds is 5. The lowest BCUT2D eigenvalue weighted by Gasteiger charge is -2.47. The minimum Gasteiger partial charge on any atom is -0.350 e. The van der Waals surface area contributed by atoms with Crippen molar-refractivity contribution in [1.29, 1.82) is 0 Å². The molecule has 0 aliphatic carbocycles. The number of carbonyl (C=O) groups is 1. The molecule has 1 aliphatic heterocycles. The largest absolute Gasteiger partial charge is 0.350 e. The molecule has 1 aromatic carbocycles. The molecule has 1 atom stereocenters. The topological polar surface area (TPSA) is 58.4 Å². The van der Waals surface area contributed by atoms with Crippen LogP contribution in [0.4, 0.5) is 5.69 Å². The molecule has 4 heteroatoms. The van der Waals surface area contributed by atoms with E-state index < -0.39 is 0 Å². The van der Waals surface area contributed by atoms with Gasteiger partial charge in [0.05, 0.1) is 5.54 Å². The maximum Gasteiger partial charge on any atom is 0.256 e. The lowest BCUT2D eigenvalue weighted by atomic mass is 9.86. The molecule has 1 amide bonds. The highest BCUT2D eigenvalue weighted by Crippen LogP contribution is 2.40. The molecule has 4 nitrogen and oxygen atoms in total. The fraction of sp³-hybridized carbons (Fsp3) is 0.500. The number of hydrogen-bond acceptors (Lipinski definition) is 3. The number of carbonyl (C=O) groups excluding carboxylic acids is 1. The SMILES string of the molecule is CCCC[C@@H](C(=O)NN)N1c2ccccc2C(C)=CC1(C)C. The smallest absolute Gasteiger partial charge is 0.256 e. The summed E-state index contributed by atoms with van der Waals surface area (Å²) in [5, 5.41) is 0. The number of hydrogen-bond donors (Lipinski definition) is 2. The molecule has 0 aromatic heterocycles. The quantitative estimate of drug-likeness (QED) is 0.499. The molecule has 0 fully saturated rings. The molecule has 0 spiro atoms. The Morgan fingerprint density at radius 1 is 1.36 bits per heavy atom. The number of benzene rings is 1. The zero-order valence-electron chi connectivity index (χ0n) is 14.0. The molecule has 0 unspecified atom stereocenters. The summed E-state index contributed by atoms with van der Waals surface area (Å²) in [6.07, 6.45) is 5.08. The minimum atomic E-state index is -0.259. The van der Waals surface area contributed by atoms with E-state index in [1.165, 1.54) is 11.1 Å². The predicted molar refractivity (Wildman–Crippen MR) is 92.3 cm³/mol. The minimum absolute atomic E-state index is 0.121. The van der Waals surface area contributed by atoms with Crippen LogP contribution >= 0.6 is 0 Å². The lowest BCUT2D eigenvalue weighted by molar-refractivity contribution is -0.122. The number of allylic oxidation sites excluding steroid dienone is 1. The van der Waals surface area contributed by atoms with Gasteiger partial charge < -0.3 is 4.90 Å². The van der Waals surface area contributed by atoms with E-state index in [0.717, 1.165) is 24.9 Å². The average Bonchev–Trinajstić information content (AvgIpc) is 2.49. The summed E-state index contributed by atoms with van der Waals surface area (Å²) in [6, 6.07) is 8.01. The number of fused-ring (bicyclic) bond motifs is 1. The summed E-state index contributed by atoms with van der Waals surface area (Å²) in [7, 11) is 0. The van der Waals surface area contributed by atoms with Crippen LogP contribution in [0, 0.1) is 0 Å². The van der Waals surface area contributed by atoms with Crippen LogP contribution in [0.2, 0.25) is 0 Å². The Morgan fingerprint density at radius 3 is 2.68 bits per heavy atom. The first-order valence-electron chi connectivity index (χ1n) is 8.01. The maximum absolute atomic E-state index is 12.4. The monoisotopic (exact) mass is 301 g/mol. The van der Waals surface area contributed by atoms with Crippen LogP contribution in [0.1, 0.15) is 52.5 Å². The summed E-state index contributed by atoms with van der Waals surface area (Å²) in [5.74, 6) is 5.32. The molecule has 1 aromatic rings. The highest BCUT2D eigenvalue weighted by Gasteiger charge is 2.38. The summed E-state index contributed by atoms with van der Waals surface area (Å²) in [4.78, 5) is 14.6. The van der Waals surface area contributed by atoms with Crippen molar-refractivity contribution in [3.63, 3.8) is 0 Å². The first kappa shape index (κ1) is 16.6. The number of nitrogens with zero attached hydrogens (tertiary/aromatic N) is 1. The molecule has 0 radical (unpaired) electrons. The van der Waals surface area contributed by atoms with Gasteiger partial charge in [0.2, 0.25) is 0 Å². The second kappa shape index (κ2) is 6.53. The fourth-order valence-corrected chi connectivity index (χ4v) is 3.45. The average molecular weight is 301 g/mol. The van der Waals surface area contributed by atoms with Gasteiger partial charge in [0.1, 0.15) is 6.04 Å². The molecular formula is C18H27N3O. The Labute approximate surface area is 133 Å². The van der Waals surface area contributed by atoms with Gasteiger partial charge in [-0.2, -0.15) is 0 Å². The number of para-hydroxylation sites is 1. The van der Waals surface area contributed by atoms with Crippen LogP contribution in [-0.4, -0.2) is 17.5 Å². The Hall–Kier alpha value is -1.81. The van der Waals surface area contributed by atoms with Gasteiger partial charge >= 0.3 is 0 Å². The Balaban J connectivity index is 2.51. The second-order valence-electron chi connectivity index (χ2n) is 6.53. The molecule has 1 aliphatic rings. The van der Waals surface area contributed by atoms with E-state index in [4.69, 9.17) is 5.84 Å². The Bertz CT molecular complexity index is 577. The summed E-state index contributed by atoms with van der Waals surface area (Å²) >= 11 is 0. The predicted octanol–water partition coefficient (Wildman–Crippen LogP) is 3.24. The number of amides is 1. The number of nitrogens with two attached hydrogens (primary N) is 1. The maximum atomic E-state index is 12.4. The van der Waals surface area contributed by atoms with E-state index in [1.807, 2.05) is 12.1 Å². The van der Waals surface area contributed by atoms with Crippen molar-refractivity contribution >= 4 is 17.2 Å². The highest BCUT2D eigenvalue weighted by atomic mass is 16.2. The van der Waals surface area contributed by atoms with E-state index in [-0.39, 0.29) is 17.5 Å². The van der Waals surface area contributed by atoms with Gasteiger partial charge in [0.25, 0.3) is 5.91 Å². The molecule has 0 bridgehead atoms. The third-order valence-electron chi connectivity index (χ3n) is 4.37. The van der Waals surface area contributed by atoms with Gasteiger partial charge in [-0.15, -0.1) is 0 Å². The van der Waals surface area contributed by atoms with Crippen molar-refractivity contribution in [1.82, 2.24) is 5.43 Å². The lowest BCUT2D eigenvalue weighted by Crippen LogP contribution is -2.57. The number of unbranched alkanes of at least 4 members (excludes halogenated alkanes) is 1. The van der Waals surface area contributed by atoms with Crippen molar-refractivity contribution in [3.8, 4) is 0 Å². The standard InChI is InChI=1S/C18H27N3O/c1-5-6-10-16(17(22)20-19)21-15-11-8-7-9-14(15)13(2)12-18(21,3)4/h7-9,11-12,16H,5-6,10,19H2,1-4H3,(H,20,22)/t16-/m0/s1. The summed E-state index contributed by atoms with van der Waals surface area (Å²) in [6.45, 7) is 8.56. The van der Waals surface area contributed by atoms with Gasteiger partial charge in [-0.05, 0) is 38.8 Å². The molecule has 2 rings (SSSR count). The Kier molecular flexibility index (Phi) is 4.91. The third-order valence-corrected chi connectivity index (χ3v) is 4.37. The molecule has 3 N–H and O–H groups in total. The van der Waals surface area contributed by atoms with E-state index >= 15 is 0 Å². The van der Waals surface area contributed by atoms with E-state index in [9.17, 15) is 4.79 Å².